The molecule has 0 aromatic heterocycles. The van der Waals surface area contributed by atoms with Crippen molar-refractivity contribution in [3.63, 3.8) is 0 Å². The van der Waals surface area contributed by atoms with E-state index in [1.165, 1.54) is 38.5 Å². The van der Waals surface area contributed by atoms with Crippen molar-refractivity contribution in [3.8, 4) is 0 Å². The fourth-order valence-electron chi connectivity index (χ4n) is 3.47. The molecule has 0 unspecified atom stereocenters. The molecule has 1 N–H and O–H groups in total. The van der Waals surface area contributed by atoms with Crippen LogP contribution in [0.15, 0.2) is 12.7 Å². The van der Waals surface area contributed by atoms with Crippen molar-refractivity contribution < 1.29 is 5.11 Å². The minimum Gasteiger partial charge on any atom is -0.389 e. The Morgan fingerprint density at radius 1 is 1.07 bits per heavy atom. The molecule has 0 radical (unpaired) electrons. The van der Waals surface area contributed by atoms with Crippen LogP contribution < -0.4 is 0 Å². The number of hydrogen-bond donors (Lipinski definition) is 1. The molecular weight excluding hydrogens is 172 g/mol. The van der Waals surface area contributed by atoms with Gasteiger partial charge in [-0.15, -0.1) is 6.58 Å². The van der Waals surface area contributed by atoms with Crippen LogP contribution in [-0.2, 0) is 0 Å². The lowest BCUT2D eigenvalue weighted by atomic mass is 9.72. The number of rotatable bonds is 2. The summed E-state index contributed by atoms with van der Waals surface area (Å²) in [6, 6.07) is 0. The first kappa shape index (κ1) is 10.2. The van der Waals surface area contributed by atoms with Crippen molar-refractivity contribution in [2.45, 2.75) is 57.0 Å². The first-order valence-corrected chi connectivity index (χ1v) is 6.12. The lowest BCUT2D eigenvalue weighted by Crippen LogP contribution is -2.41. The normalized spacial score (nSPS) is 39.9. The van der Waals surface area contributed by atoms with Gasteiger partial charge in [-0.1, -0.05) is 25.3 Å². The molecule has 1 heteroatoms. The van der Waals surface area contributed by atoms with Crippen LogP contribution in [0.5, 0.6) is 0 Å². The van der Waals surface area contributed by atoms with Gasteiger partial charge in [0.15, 0.2) is 0 Å². The molecule has 0 aliphatic heterocycles. The van der Waals surface area contributed by atoms with E-state index in [0.717, 1.165) is 12.8 Å². The van der Waals surface area contributed by atoms with Crippen LogP contribution in [0.2, 0.25) is 0 Å². The molecule has 0 bridgehead atoms. The van der Waals surface area contributed by atoms with Gasteiger partial charge in [-0.25, -0.2) is 0 Å². The highest BCUT2D eigenvalue weighted by Gasteiger charge is 2.45. The molecule has 80 valence electrons. The van der Waals surface area contributed by atoms with Gasteiger partial charge in [0.25, 0.3) is 0 Å². The molecule has 2 fully saturated rings. The molecule has 2 aliphatic rings. The molecule has 0 aromatic rings. The predicted octanol–water partition coefficient (Wildman–Crippen LogP) is 3.28. The third kappa shape index (κ3) is 1.63. The molecule has 2 rings (SSSR count). The van der Waals surface area contributed by atoms with Crippen LogP contribution in [0.3, 0.4) is 0 Å². The summed E-state index contributed by atoms with van der Waals surface area (Å²) < 4.78 is 0. The van der Waals surface area contributed by atoms with Gasteiger partial charge in [-0.2, -0.15) is 0 Å². The fourth-order valence-corrected chi connectivity index (χ4v) is 3.47. The van der Waals surface area contributed by atoms with E-state index in [1.807, 2.05) is 6.08 Å². The summed E-state index contributed by atoms with van der Waals surface area (Å²) in [6.07, 6.45) is 11.8. The minimum atomic E-state index is -0.387. The number of hydrogen-bond acceptors (Lipinski definition) is 1. The molecule has 0 amide bonds. The first-order chi connectivity index (χ1) is 6.77. The molecule has 2 saturated carbocycles. The molecule has 0 saturated heterocycles. The van der Waals surface area contributed by atoms with Gasteiger partial charge in [0.05, 0.1) is 5.60 Å². The lowest BCUT2D eigenvalue weighted by Gasteiger charge is -2.39. The summed E-state index contributed by atoms with van der Waals surface area (Å²) in [7, 11) is 0. The molecule has 14 heavy (non-hydrogen) atoms. The highest BCUT2D eigenvalue weighted by molar-refractivity contribution is 5.04. The maximum absolute atomic E-state index is 10.7. The van der Waals surface area contributed by atoms with E-state index < -0.39 is 0 Å². The predicted molar refractivity (Wildman–Crippen MR) is 59.1 cm³/mol. The zero-order chi connectivity index (χ0) is 10.0. The summed E-state index contributed by atoms with van der Waals surface area (Å²) in [5, 5.41) is 10.7. The quantitative estimate of drug-likeness (QED) is 0.669. The Morgan fingerprint density at radius 2 is 1.79 bits per heavy atom. The van der Waals surface area contributed by atoms with Crippen LogP contribution in [0.1, 0.15) is 51.4 Å². The van der Waals surface area contributed by atoms with Crippen molar-refractivity contribution >= 4 is 0 Å². The molecule has 1 nitrogen and oxygen atoms in total. The van der Waals surface area contributed by atoms with Gasteiger partial charge in [0, 0.05) is 5.92 Å². The van der Waals surface area contributed by atoms with Crippen LogP contribution in [0, 0.1) is 11.8 Å². The van der Waals surface area contributed by atoms with E-state index in [0.29, 0.717) is 11.8 Å². The SMILES string of the molecule is C=C[C@@H]1CCC[C@@]1(O)C1CCCCC1. The maximum Gasteiger partial charge on any atom is 0.0737 e. The Hall–Kier alpha value is -0.300. The third-order valence-corrected chi connectivity index (χ3v) is 4.33. The highest BCUT2D eigenvalue weighted by atomic mass is 16.3. The summed E-state index contributed by atoms with van der Waals surface area (Å²) in [5.41, 5.74) is -0.387. The highest BCUT2D eigenvalue weighted by Crippen LogP contribution is 2.46. The molecule has 0 spiro atoms. The van der Waals surface area contributed by atoms with Crippen molar-refractivity contribution in [1.29, 1.82) is 0 Å². The third-order valence-electron chi connectivity index (χ3n) is 4.33. The van der Waals surface area contributed by atoms with Gasteiger partial charge in [-0.05, 0) is 38.0 Å². The van der Waals surface area contributed by atoms with Crippen LogP contribution in [0.25, 0.3) is 0 Å². The smallest absolute Gasteiger partial charge is 0.0737 e. The molecule has 2 aliphatic carbocycles. The second-order valence-corrected chi connectivity index (χ2v) is 5.06. The minimum absolute atomic E-state index is 0.366. The molecule has 0 aromatic carbocycles. The van der Waals surface area contributed by atoms with E-state index in [9.17, 15) is 5.11 Å². The Kier molecular flexibility index (Phi) is 2.96. The van der Waals surface area contributed by atoms with Crippen molar-refractivity contribution in [3.05, 3.63) is 12.7 Å². The Labute approximate surface area is 87.2 Å². The molecule has 2 atom stereocenters. The van der Waals surface area contributed by atoms with E-state index in [4.69, 9.17) is 0 Å². The summed E-state index contributed by atoms with van der Waals surface area (Å²) in [5.74, 6) is 0.923. The van der Waals surface area contributed by atoms with Crippen molar-refractivity contribution in [2.75, 3.05) is 0 Å². The van der Waals surface area contributed by atoms with E-state index in [2.05, 4.69) is 6.58 Å². The Morgan fingerprint density at radius 3 is 2.43 bits per heavy atom. The maximum atomic E-state index is 10.7. The van der Waals surface area contributed by atoms with Crippen molar-refractivity contribution in [2.24, 2.45) is 11.8 Å². The van der Waals surface area contributed by atoms with Crippen LogP contribution in [0.4, 0.5) is 0 Å². The Bertz CT molecular complexity index is 205. The van der Waals surface area contributed by atoms with Crippen molar-refractivity contribution in [1.82, 2.24) is 0 Å². The molecular formula is C13H22O. The average molecular weight is 194 g/mol. The first-order valence-electron chi connectivity index (χ1n) is 6.12. The fraction of sp³-hybridized carbons (Fsp3) is 0.846. The largest absolute Gasteiger partial charge is 0.389 e. The topological polar surface area (TPSA) is 20.2 Å². The second-order valence-electron chi connectivity index (χ2n) is 5.06. The summed E-state index contributed by atoms with van der Waals surface area (Å²) in [4.78, 5) is 0. The van der Waals surface area contributed by atoms with Gasteiger partial charge >= 0.3 is 0 Å². The van der Waals surface area contributed by atoms with Gasteiger partial charge in [0.2, 0.25) is 0 Å². The monoisotopic (exact) mass is 194 g/mol. The van der Waals surface area contributed by atoms with E-state index >= 15 is 0 Å². The van der Waals surface area contributed by atoms with E-state index in [-0.39, 0.29) is 5.60 Å². The average Bonchev–Trinajstić information content (AvgIpc) is 2.62. The van der Waals surface area contributed by atoms with Gasteiger partial charge in [0.1, 0.15) is 0 Å². The zero-order valence-electron chi connectivity index (χ0n) is 9.04. The lowest BCUT2D eigenvalue weighted by molar-refractivity contribution is -0.0504. The summed E-state index contributed by atoms with van der Waals surface area (Å²) >= 11 is 0. The molecule has 0 heterocycles. The van der Waals surface area contributed by atoms with Crippen LogP contribution in [-0.4, -0.2) is 10.7 Å². The number of aliphatic hydroxyl groups is 1. The summed E-state index contributed by atoms with van der Waals surface area (Å²) in [6.45, 7) is 3.87. The van der Waals surface area contributed by atoms with E-state index in [1.54, 1.807) is 0 Å². The van der Waals surface area contributed by atoms with Gasteiger partial charge in [-0.3, -0.25) is 0 Å². The zero-order valence-corrected chi connectivity index (χ0v) is 9.04. The van der Waals surface area contributed by atoms with Gasteiger partial charge < -0.3 is 5.11 Å². The van der Waals surface area contributed by atoms with Crippen LogP contribution >= 0.6 is 0 Å². The standard InChI is InChI=1S/C13H22O/c1-2-11-9-6-10-13(11,14)12-7-4-3-5-8-12/h2,11-12,14H,1,3-10H2/t11-,13+/m1/s1. The Balaban J connectivity index is 2.08. The second kappa shape index (κ2) is 4.06.